The Kier molecular flexibility index (Phi) is 9.22. The monoisotopic (exact) mass is 563 g/mol. The summed E-state index contributed by atoms with van der Waals surface area (Å²) in [5, 5.41) is 14.4. The van der Waals surface area contributed by atoms with Crippen molar-refractivity contribution in [2.75, 3.05) is 22.1 Å². The minimum absolute atomic E-state index is 0.0613. The number of carbonyl (C=O) groups is 1. The van der Waals surface area contributed by atoms with Gasteiger partial charge in [-0.15, -0.1) is 0 Å². The molecule has 14 heteroatoms. The Morgan fingerprint density at radius 1 is 0.923 bits per heavy atom. The van der Waals surface area contributed by atoms with E-state index >= 15 is 0 Å². The Balaban J connectivity index is 1.83. The van der Waals surface area contributed by atoms with Crippen LogP contribution in [0.15, 0.2) is 72.8 Å². The molecule has 2 amide bonds. The quantitative estimate of drug-likeness (QED) is 0.242. The van der Waals surface area contributed by atoms with Gasteiger partial charge in [0, 0.05) is 17.9 Å². The van der Waals surface area contributed by atoms with Crippen molar-refractivity contribution in [1.29, 1.82) is 0 Å². The summed E-state index contributed by atoms with van der Waals surface area (Å²) < 4.78 is 109. The molecule has 0 fully saturated rings. The average molecular weight is 563 g/mol. The number of alkyl halides is 7. The van der Waals surface area contributed by atoms with E-state index in [4.69, 9.17) is 0 Å². The van der Waals surface area contributed by atoms with Gasteiger partial charge in [-0.2, -0.15) is 30.7 Å². The van der Waals surface area contributed by atoms with Gasteiger partial charge in [-0.3, -0.25) is 0 Å². The van der Waals surface area contributed by atoms with Crippen LogP contribution in [-0.2, 0) is 6.54 Å². The maximum Gasteiger partial charge on any atom is 0.461 e. The highest BCUT2D eigenvalue weighted by atomic mass is 19.4. The van der Waals surface area contributed by atoms with E-state index in [1.165, 1.54) is 54.6 Å². The van der Waals surface area contributed by atoms with Crippen LogP contribution in [0.3, 0.4) is 0 Å². The SMILES string of the molecule is O=C(Nc1cccc(N(Cc2cccc(OC(F)(F)C(F)F)c2)CC(O)C(F)(F)F)c1)Nc1ccccc1F. The van der Waals surface area contributed by atoms with Crippen LogP contribution in [-0.4, -0.2) is 42.5 Å². The van der Waals surface area contributed by atoms with Crippen molar-refractivity contribution < 1.29 is 49.8 Å². The van der Waals surface area contributed by atoms with Gasteiger partial charge in [0.15, 0.2) is 6.10 Å². The van der Waals surface area contributed by atoms with Crippen LogP contribution in [0.1, 0.15) is 5.56 Å². The fourth-order valence-electron chi connectivity index (χ4n) is 3.33. The summed E-state index contributed by atoms with van der Waals surface area (Å²) in [6.45, 7) is -1.41. The number of para-hydroxylation sites is 1. The Labute approximate surface area is 216 Å². The molecule has 0 saturated carbocycles. The molecule has 0 aliphatic heterocycles. The van der Waals surface area contributed by atoms with Gasteiger partial charge in [-0.05, 0) is 48.0 Å². The molecular formula is C25H21F8N3O3. The molecule has 6 nitrogen and oxygen atoms in total. The fourth-order valence-corrected chi connectivity index (χ4v) is 3.33. The molecule has 0 bridgehead atoms. The Hall–Kier alpha value is -4.07. The first-order chi connectivity index (χ1) is 18.2. The van der Waals surface area contributed by atoms with E-state index in [9.17, 15) is 45.0 Å². The summed E-state index contributed by atoms with van der Waals surface area (Å²) in [4.78, 5) is 13.3. The van der Waals surface area contributed by atoms with E-state index in [1.807, 2.05) is 0 Å². The molecule has 3 aromatic carbocycles. The topological polar surface area (TPSA) is 73.8 Å². The molecule has 0 aromatic heterocycles. The molecule has 3 N–H and O–H groups in total. The minimum atomic E-state index is -5.00. The Morgan fingerprint density at radius 2 is 1.62 bits per heavy atom. The third-order valence-corrected chi connectivity index (χ3v) is 5.14. The van der Waals surface area contributed by atoms with Crippen LogP contribution in [0, 0.1) is 5.82 Å². The Morgan fingerprint density at radius 3 is 2.28 bits per heavy atom. The number of anilines is 3. The highest BCUT2D eigenvalue weighted by Gasteiger charge is 2.44. The third kappa shape index (κ3) is 8.46. The zero-order valence-electron chi connectivity index (χ0n) is 19.7. The first kappa shape index (κ1) is 29.5. The summed E-state index contributed by atoms with van der Waals surface area (Å²) >= 11 is 0. The lowest BCUT2D eigenvalue weighted by Gasteiger charge is -2.29. The molecule has 0 saturated heterocycles. The lowest BCUT2D eigenvalue weighted by Crippen LogP contribution is -2.41. The summed E-state index contributed by atoms with van der Waals surface area (Å²) in [6, 6.07) is 14.3. The number of halogens is 8. The molecule has 210 valence electrons. The molecule has 3 aromatic rings. The summed E-state index contributed by atoms with van der Waals surface area (Å²) in [5.41, 5.74) is 0.107. The van der Waals surface area contributed by atoms with Gasteiger partial charge >= 0.3 is 24.7 Å². The maximum atomic E-state index is 13.8. The number of nitrogens with zero attached hydrogens (tertiary/aromatic N) is 1. The van der Waals surface area contributed by atoms with Crippen LogP contribution in [0.2, 0.25) is 0 Å². The number of urea groups is 1. The highest BCUT2D eigenvalue weighted by Crippen LogP contribution is 2.30. The van der Waals surface area contributed by atoms with Crippen molar-refractivity contribution >= 4 is 23.1 Å². The second kappa shape index (κ2) is 12.2. The van der Waals surface area contributed by atoms with Crippen molar-refractivity contribution in [3.63, 3.8) is 0 Å². The predicted octanol–water partition coefficient (Wildman–Crippen LogP) is 6.64. The highest BCUT2D eigenvalue weighted by molar-refractivity contribution is 6.00. The van der Waals surface area contributed by atoms with Gasteiger partial charge in [0.25, 0.3) is 0 Å². The van der Waals surface area contributed by atoms with Crippen LogP contribution in [0.5, 0.6) is 5.75 Å². The molecular weight excluding hydrogens is 542 g/mol. The molecule has 0 aliphatic carbocycles. The molecule has 0 spiro atoms. The summed E-state index contributed by atoms with van der Waals surface area (Å²) in [6.07, 6.45) is -16.7. The van der Waals surface area contributed by atoms with E-state index in [-0.39, 0.29) is 22.6 Å². The van der Waals surface area contributed by atoms with E-state index in [1.54, 1.807) is 0 Å². The lowest BCUT2D eigenvalue weighted by molar-refractivity contribution is -0.253. The van der Waals surface area contributed by atoms with Gasteiger partial charge in [-0.25, -0.2) is 9.18 Å². The van der Waals surface area contributed by atoms with Crippen LogP contribution in [0.25, 0.3) is 0 Å². The van der Waals surface area contributed by atoms with Crippen LogP contribution >= 0.6 is 0 Å². The number of benzene rings is 3. The van der Waals surface area contributed by atoms with Gasteiger partial charge in [-0.1, -0.05) is 30.3 Å². The number of ether oxygens (including phenoxy) is 1. The number of aliphatic hydroxyl groups is 1. The van der Waals surface area contributed by atoms with Gasteiger partial charge in [0.1, 0.15) is 11.6 Å². The number of hydrogen-bond acceptors (Lipinski definition) is 4. The van der Waals surface area contributed by atoms with Crippen LogP contribution < -0.4 is 20.3 Å². The molecule has 1 atom stereocenters. The van der Waals surface area contributed by atoms with Gasteiger partial charge in [0.2, 0.25) is 0 Å². The number of rotatable bonds is 10. The van der Waals surface area contributed by atoms with E-state index in [0.29, 0.717) is 0 Å². The van der Waals surface area contributed by atoms with E-state index < -0.39 is 55.5 Å². The smallest absolute Gasteiger partial charge is 0.428 e. The van der Waals surface area contributed by atoms with Crippen molar-refractivity contribution in [2.24, 2.45) is 0 Å². The summed E-state index contributed by atoms with van der Waals surface area (Å²) in [5.74, 6) is -1.36. The second-order valence-electron chi connectivity index (χ2n) is 8.16. The second-order valence-corrected chi connectivity index (χ2v) is 8.16. The number of aliphatic hydroxyl groups excluding tert-OH is 1. The number of nitrogens with one attached hydrogen (secondary N) is 2. The van der Waals surface area contributed by atoms with Crippen molar-refractivity contribution in [1.82, 2.24) is 0 Å². The first-order valence-corrected chi connectivity index (χ1v) is 11.1. The van der Waals surface area contributed by atoms with Gasteiger partial charge in [0.05, 0.1) is 12.2 Å². The molecule has 3 rings (SSSR count). The van der Waals surface area contributed by atoms with E-state index in [2.05, 4.69) is 15.4 Å². The first-order valence-electron chi connectivity index (χ1n) is 11.1. The molecule has 0 heterocycles. The lowest BCUT2D eigenvalue weighted by atomic mass is 10.1. The van der Waals surface area contributed by atoms with Crippen LogP contribution in [0.4, 0.5) is 57.0 Å². The van der Waals surface area contributed by atoms with E-state index in [0.717, 1.165) is 23.1 Å². The van der Waals surface area contributed by atoms with Crippen molar-refractivity contribution in [3.8, 4) is 5.75 Å². The van der Waals surface area contributed by atoms with Crippen molar-refractivity contribution in [3.05, 3.63) is 84.2 Å². The maximum absolute atomic E-state index is 13.8. The normalized spacial score (nSPS) is 12.7. The standard InChI is InChI=1S/C25H21F8N3O3/c26-19-9-1-2-10-20(19)35-23(38)34-16-6-4-7-17(12-16)36(14-21(37)24(29,30)31)13-15-5-3-8-18(11-15)39-25(32,33)22(27)28/h1-12,21-22,37H,13-14H2,(H2,34,35,38). The minimum Gasteiger partial charge on any atom is -0.428 e. The molecule has 0 aliphatic rings. The third-order valence-electron chi connectivity index (χ3n) is 5.14. The number of amides is 2. The fraction of sp³-hybridized carbons (Fsp3) is 0.240. The average Bonchev–Trinajstić information content (AvgIpc) is 2.84. The molecule has 1 unspecified atom stereocenters. The largest absolute Gasteiger partial charge is 0.461 e. The Bertz CT molecular complexity index is 1270. The number of hydrogen-bond donors (Lipinski definition) is 3. The summed E-state index contributed by atoms with van der Waals surface area (Å²) in [7, 11) is 0. The molecule has 0 radical (unpaired) electrons. The van der Waals surface area contributed by atoms with Gasteiger partial charge < -0.3 is 25.4 Å². The number of carbonyl (C=O) groups excluding carboxylic acids is 1. The zero-order valence-corrected chi connectivity index (χ0v) is 19.7. The zero-order chi connectivity index (χ0) is 28.8. The molecule has 39 heavy (non-hydrogen) atoms. The van der Waals surface area contributed by atoms with Crippen molar-refractivity contribution in [2.45, 2.75) is 31.4 Å². The predicted molar refractivity (Wildman–Crippen MR) is 127 cm³/mol.